The van der Waals surface area contributed by atoms with E-state index in [-0.39, 0.29) is 51.3 Å². The Morgan fingerprint density at radius 1 is 1.09 bits per heavy atom. The SMILES string of the molecule is CC(C)c1cc(F)c(N(C)C)cc1N1C(=O)CS/C1=N\C(=O)Nc1ccc(-c2ncn(-c3ccc(OC(F)(F)F)cn3)n2)cc1F. The van der Waals surface area contributed by atoms with Crippen molar-refractivity contribution < 1.29 is 36.3 Å². The van der Waals surface area contributed by atoms with E-state index in [1.165, 1.54) is 46.2 Å². The van der Waals surface area contributed by atoms with Gasteiger partial charge in [-0.2, -0.15) is 4.99 Å². The fourth-order valence-electron chi connectivity index (χ4n) is 4.44. The number of nitrogens with one attached hydrogen (secondary N) is 1. The number of amidine groups is 1. The Morgan fingerprint density at radius 2 is 1.85 bits per heavy atom. The number of halogens is 5. The zero-order valence-electron chi connectivity index (χ0n) is 24.6. The van der Waals surface area contributed by atoms with Gasteiger partial charge in [0.25, 0.3) is 0 Å². The maximum atomic E-state index is 15.1. The second-order valence-electron chi connectivity index (χ2n) is 10.4. The number of benzene rings is 2. The quantitative estimate of drug-likeness (QED) is 0.228. The molecule has 240 valence electrons. The minimum atomic E-state index is -4.86. The summed E-state index contributed by atoms with van der Waals surface area (Å²) in [5, 5.41) is 6.60. The summed E-state index contributed by atoms with van der Waals surface area (Å²) >= 11 is 1.02. The number of amides is 3. The van der Waals surface area contributed by atoms with Crippen molar-refractivity contribution in [3.05, 3.63) is 72.2 Å². The van der Waals surface area contributed by atoms with E-state index in [1.54, 1.807) is 19.0 Å². The summed E-state index contributed by atoms with van der Waals surface area (Å²) in [7, 11) is 3.33. The van der Waals surface area contributed by atoms with E-state index in [9.17, 15) is 27.2 Å². The van der Waals surface area contributed by atoms with Crippen LogP contribution in [0.25, 0.3) is 17.2 Å². The second-order valence-corrected chi connectivity index (χ2v) is 11.3. The van der Waals surface area contributed by atoms with Gasteiger partial charge in [0, 0.05) is 19.7 Å². The normalized spacial score (nSPS) is 14.3. The number of carbonyl (C=O) groups is 2. The van der Waals surface area contributed by atoms with Gasteiger partial charge in [-0.1, -0.05) is 25.6 Å². The van der Waals surface area contributed by atoms with Gasteiger partial charge in [-0.15, -0.1) is 18.3 Å². The predicted octanol–water partition coefficient (Wildman–Crippen LogP) is 6.36. The van der Waals surface area contributed by atoms with Gasteiger partial charge < -0.3 is 15.0 Å². The van der Waals surface area contributed by atoms with Crippen molar-refractivity contribution >= 4 is 45.9 Å². The number of aliphatic imine (C=N–C) groups is 1. The minimum Gasteiger partial charge on any atom is -0.404 e. The summed E-state index contributed by atoms with van der Waals surface area (Å²) in [5.74, 6) is -2.10. The van der Waals surface area contributed by atoms with Crippen molar-refractivity contribution in [3.63, 3.8) is 0 Å². The Balaban J connectivity index is 1.33. The molecule has 0 saturated carbocycles. The average molecular weight is 661 g/mol. The molecule has 1 fully saturated rings. The summed E-state index contributed by atoms with van der Waals surface area (Å²) in [5.41, 5.74) is 1.21. The molecule has 1 aliphatic heterocycles. The molecule has 0 atom stereocenters. The summed E-state index contributed by atoms with van der Waals surface area (Å²) in [6.45, 7) is 3.70. The number of hydrogen-bond acceptors (Lipinski definition) is 8. The van der Waals surface area contributed by atoms with Crippen molar-refractivity contribution in [1.29, 1.82) is 0 Å². The molecule has 1 saturated heterocycles. The lowest BCUT2D eigenvalue weighted by Gasteiger charge is -2.24. The number of aromatic nitrogens is 4. The number of pyridine rings is 1. The van der Waals surface area contributed by atoms with E-state index in [0.717, 1.165) is 30.1 Å². The van der Waals surface area contributed by atoms with E-state index in [0.29, 0.717) is 11.3 Å². The van der Waals surface area contributed by atoms with Crippen LogP contribution in [0.2, 0.25) is 0 Å². The molecule has 2 aromatic heterocycles. The molecular formula is C29H25F5N8O3S. The molecule has 0 aliphatic carbocycles. The number of urea groups is 1. The van der Waals surface area contributed by atoms with Crippen LogP contribution >= 0.6 is 11.8 Å². The Hall–Kier alpha value is -5.06. The van der Waals surface area contributed by atoms with Gasteiger partial charge in [0.2, 0.25) is 5.91 Å². The van der Waals surface area contributed by atoms with Gasteiger partial charge in [-0.25, -0.2) is 28.2 Å². The molecule has 3 heterocycles. The molecule has 4 aromatic rings. The number of alkyl halides is 3. The highest BCUT2D eigenvalue weighted by Crippen LogP contribution is 2.37. The van der Waals surface area contributed by atoms with Crippen LogP contribution < -0.4 is 19.9 Å². The largest absolute Gasteiger partial charge is 0.573 e. The number of ether oxygens (including phenoxy) is 1. The second kappa shape index (κ2) is 12.7. The standard InChI is InChI=1S/C29H25F5N8O3S/c1-15(2)18-10-20(31)23(40(3)4)11-22(18)42-25(43)13-46-28(42)38-27(44)37-21-7-5-16(9-19(21)30)26-36-14-41(39-26)24-8-6-17(12-35-24)45-29(32,33)34/h5-12,14-15H,13H2,1-4H3,(H,37,44)/b38-28-. The molecule has 5 rings (SSSR count). The van der Waals surface area contributed by atoms with Gasteiger partial charge in [-0.3, -0.25) is 9.69 Å². The average Bonchev–Trinajstić information content (AvgIpc) is 3.60. The number of anilines is 3. The van der Waals surface area contributed by atoms with Gasteiger partial charge in [0.1, 0.15) is 23.7 Å². The monoisotopic (exact) mass is 660 g/mol. The summed E-state index contributed by atoms with van der Waals surface area (Å²) in [6.07, 6.45) is -2.75. The Morgan fingerprint density at radius 3 is 2.48 bits per heavy atom. The van der Waals surface area contributed by atoms with Crippen LogP contribution in [0, 0.1) is 11.6 Å². The van der Waals surface area contributed by atoms with Crippen LogP contribution in [0.3, 0.4) is 0 Å². The molecule has 46 heavy (non-hydrogen) atoms. The molecule has 17 heteroatoms. The highest BCUT2D eigenvalue weighted by atomic mass is 32.2. The number of thioether (sulfide) groups is 1. The van der Waals surface area contributed by atoms with Crippen LogP contribution in [0.4, 0.5) is 43.8 Å². The topological polar surface area (TPSA) is 118 Å². The first-order valence-corrected chi connectivity index (χ1v) is 14.5. The molecular weight excluding hydrogens is 635 g/mol. The maximum Gasteiger partial charge on any atom is 0.573 e. The third-order valence-corrected chi connectivity index (χ3v) is 7.48. The van der Waals surface area contributed by atoms with Gasteiger partial charge >= 0.3 is 12.4 Å². The first-order valence-electron chi connectivity index (χ1n) is 13.5. The molecule has 1 aliphatic rings. The van der Waals surface area contributed by atoms with E-state index >= 15 is 4.39 Å². The Kier molecular flexibility index (Phi) is 8.96. The summed E-state index contributed by atoms with van der Waals surface area (Å²) in [4.78, 5) is 40.6. The van der Waals surface area contributed by atoms with Crippen LogP contribution in [0.15, 0.2) is 60.0 Å². The lowest BCUT2D eigenvalue weighted by atomic mass is 9.99. The van der Waals surface area contributed by atoms with Crippen molar-refractivity contribution in [3.8, 4) is 23.0 Å². The van der Waals surface area contributed by atoms with E-state index < -0.39 is 29.8 Å². The van der Waals surface area contributed by atoms with Crippen molar-refractivity contribution in [2.45, 2.75) is 26.1 Å². The van der Waals surface area contributed by atoms with Crippen LogP contribution in [0.1, 0.15) is 25.3 Å². The molecule has 0 unspecified atom stereocenters. The third kappa shape index (κ3) is 7.09. The first kappa shape index (κ1) is 32.3. The number of rotatable bonds is 7. The highest BCUT2D eigenvalue weighted by molar-refractivity contribution is 8.15. The smallest absolute Gasteiger partial charge is 0.404 e. The third-order valence-electron chi connectivity index (χ3n) is 6.55. The summed E-state index contributed by atoms with van der Waals surface area (Å²) in [6, 6.07) is 8.03. The molecule has 3 amide bonds. The molecule has 0 radical (unpaired) electrons. The highest BCUT2D eigenvalue weighted by Gasteiger charge is 2.34. The van der Waals surface area contributed by atoms with E-state index in [4.69, 9.17) is 0 Å². The maximum absolute atomic E-state index is 15.1. The van der Waals surface area contributed by atoms with Crippen LogP contribution in [-0.2, 0) is 4.79 Å². The van der Waals surface area contributed by atoms with E-state index in [2.05, 4.69) is 30.1 Å². The van der Waals surface area contributed by atoms with Crippen molar-refractivity contribution in [2.75, 3.05) is 35.0 Å². The zero-order chi connectivity index (χ0) is 33.3. The van der Waals surface area contributed by atoms with E-state index in [1.807, 2.05) is 13.8 Å². The predicted molar refractivity (Wildman–Crippen MR) is 162 cm³/mol. The van der Waals surface area contributed by atoms with Crippen molar-refractivity contribution in [1.82, 2.24) is 19.7 Å². The van der Waals surface area contributed by atoms with Gasteiger partial charge in [0.15, 0.2) is 16.8 Å². The fourth-order valence-corrected chi connectivity index (χ4v) is 5.30. The number of carbonyl (C=O) groups excluding carboxylic acids is 2. The first-order chi connectivity index (χ1) is 21.7. The van der Waals surface area contributed by atoms with Gasteiger partial charge in [0.05, 0.1) is 29.0 Å². The van der Waals surface area contributed by atoms with Crippen LogP contribution in [-0.4, -0.2) is 63.1 Å². The number of nitrogens with zero attached hydrogens (tertiary/aromatic N) is 7. The molecule has 0 bridgehead atoms. The Bertz CT molecular complexity index is 1830. The zero-order valence-corrected chi connectivity index (χ0v) is 25.5. The Labute approximate surface area is 263 Å². The molecule has 0 spiro atoms. The molecule has 1 N–H and O–H groups in total. The van der Waals surface area contributed by atoms with Crippen molar-refractivity contribution in [2.24, 2.45) is 4.99 Å². The lowest BCUT2D eigenvalue weighted by molar-refractivity contribution is -0.274. The molecule has 2 aromatic carbocycles. The number of hydrogen-bond donors (Lipinski definition) is 1. The van der Waals surface area contributed by atoms with Crippen LogP contribution in [0.5, 0.6) is 5.75 Å². The lowest BCUT2D eigenvalue weighted by Crippen LogP contribution is -2.31. The van der Waals surface area contributed by atoms with Gasteiger partial charge in [-0.05, 0) is 53.9 Å². The minimum absolute atomic E-state index is 0.00201. The summed E-state index contributed by atoms with van der Waals surface area (Å²) < 4.78 is 72.0. The fraction of sp³-hybridized carbons (Fsp3) is 0.241. The molecule has 11 nitrogen and oxygen atoms in total.